The van der Waals surface area contributed by atoms with Crippen LogP contribution < -0.4 is 0 Å². The number of rotatable bonds is 5. The summed E-state index contributed by atoms with van der Waals surface area (Å²) in [5, 5.41) is 41.4. The van der Waals surface area contributed by atoms with E-state index in [-0.39, 0.29) is 17.1 Å². The van der Waals surface area contributed by atoms with Gasteiger partial charge in [-0.3, -0.25) is 4.68 Å². The third-order valence-electron chi connectivity index (χ3n) is 7.27. The number of hydrogen-bond donors (Lipinski definition) is 3. The first-order valence-electron chi connectivity index (χ1n) is 12.0. The Morgan fingerprint density at radius 3 is 2.20 bits per heavy atom. The maximum atomic E-state index is 13.3. The molecule has 3 heterocycles. The second kappa shape index (κ2) is 10.2. The van der Waals surface area contributed by atoms with Crippen molar-refractivity contribution in [2.24, 2.45) is 5.92 Å². The number of nitrogens with zero attached hydrogens (tertiary/aromatic N) is 6. The van der Waals surface area contributed by atoms with E-state index in [1.54, 1.807) is 24.3 Å². The Bertz CT molecular complexity index is 1720. The molecule has 1 aliphatic rings. The maximum Gasteiger partial charge on any atom is 0.269 e. The summed E-state index contributed by atoms with van der Waals surface area (Å²) in [6.45, 7) is 2.93. The van der Waals surface area contributed by atoms with Gasteiger partial charge in [-0.2, -0.15) is 10.4 Å². The monoisotopic (exact) mass is 560 g/mol. The highest BCUT2D eigenvalue weighted by atomic mass is 32.2. The molecule has 0 saturated heterocycles. The van der Waals surface area contributed by atoms with Gasteiger partial charge in [0.1, 0.15) is 29.9 Å². The topological polar surface area (TPSA) is 167 Å². The van der Waals surface area contributed by atoms with E-state index in [0.717, 1.165) is 9.54 Å². The summed E-state index contributed by atoms with van der Waals surface area (Å²) in [7, 11) is 25.1. The second-order valence-electron chi connectivity index (χ2n) is 9.90. The van der Waals surface area contributed by atoms with Crippen molar-refractivity contribution in [2.75, 3.05) is 0 Å². The average molecular weight is 560 g/mol. The van der Waals surface area contributed by atoms with Gasteiger partial charge in [0.05, 0.1) is 38.5 Å². The number of aliphatic hydroxyl groups is 3. The van der Waals surface area contributed by atoms with Gasteiger partial charge in [-0.05, 0) is 25.1 Å². The molecule has 0 amide bonds. The van der Waals surface area contributed by atoms with Gasteiger partial charge in [0, 0.05) is 59.2 Å². The summed E-state index contributed by atoms with van der Waals surface area (Å²) < 4.78 is 28.8. The van der Waals surface area contributed by atoms with Gasteiger partial charge in [-0.1, -0.05) is 22.9 Å². The fourth-order valence-electron chi connectivity index (χ4n) is 4.75. The summed E-state index contributed by atoms with van der Waals surface area (Å²) in [5.41, 5.74) is -6.28. The molecule has 17 heteroatoms. The van der Waals surface area contributed by atoms with Gasteiger partial charge in [0.2, 0.25) is 0 Å². The molecule has 10 radical (unpaired) electrons. The van der Waals surface area contributed by atoms with Crippen molar-refractivity contribution in [1.82, 2.24) is 23.7 Å². The van der Waals surface area contributed by atoms with Crippen LogP contribution in [0.1, 0.15) is 12.5 Å². The van der Waals surface area contributed by atoms with E-state index in [1.807, 2.05) is 6.92 Å². The average Bonchev–Trinajstić information content (AvgIpc) is 3.56. The lowest BCUT2D eigenvalue weighted by atomic mass is 9.34. The van der Waals surface area contributed by atoms with E-state index in [0.29, 0.717) is 16.6 Å². The molecule has 198 valence electrons. The molecule has 1 aromatic carbocycles. The van der Waals surface area contributed by atoms with Crippen LogP contribution in [0.2, 0.25) is 5.21 Å². The first-order valence-corrected chi connectivity index (χ1v) is 13.5. The first kappa shape index (κ1) is 30.6. The molecule has 11 nitrogen and oxygen atoms in total. The molecule has 1 aliphatic carbocycles. The van der Waals surface area contributed by atoms with Crippen molar-refractivity contribution in [3.05, 3.63) is 60.8 Å². The first-order chi connectivity index (χ1) is 18.9. The minimum atomic E-state index is -3.93. The number of nitriles is 1. The van der Waals surface area contributed by atoms with Gasteiger partial charge in [0.15, 0.2) is 5.65 Å². The molecule has 0 bridgehead atoms. The zero-order valence-electron chi connectivity index (χ0n) is 22.1. The second-order valence-corrected chi connectivity index (χ2v) is 11.7. The number of benzene rings is 1. The van der Waals surface area contributed by atoms with Gasteiger partial charge in [-0.25, -0.2) is 22.4 Å². The maximum absolute atomic E-state index is 13.3. The normalized spacial score (nSPS) is 27.2. The Kier molecular flexibility index (Phi) is 7.63. The van der Waals surface area contributed by atoms with E-state index in [1.165, 1.54) is 48.7 Å². The molecular formula is C24H21B5N6O5S. The molecular weight excluding hydrogens is 538 g/mol. The lowest BCUT2D eigenvalue weighted by Gasteiger charge is -2.46. The summed E-state index contributed by atoms with van der Waals surface area (Å²) >= 11 is 0. The van der Waals surface area contributed by atoms with E-state index in [2.05, 4.69) is 15.1 Å². The van der Waals surface area contributed by atoms with Crippen LogP contribution in [0, 0.1) is 24.2 Å². The molecule has 4 unspecified atom stereocenters. The Morgan fingerprint density at radius 2 is 1.63 bits per heavy atom. The Morgan fingerprint density at radius 1 is 1.02 bits per heavy atom. The van der Waals surface area contributed by atoms with E-state index >= 15 is 0 Å². The van der Waals surface area contributed by atoms with Crippen molar-refractivity contribution in [3.8, 4) is 17.3 Å². The molecule has 41 heavy (non-hydrogen) atoms. The Labute approximate surface area is 243 Å². The lowest BCUT2D eigenvalue weighted by molar-refractivity contribution is -0.0552. The largest absolute Gasteiger partial charge is 0.400 e. The van der Waals surface area contributed by atoms with Crippen LogP contribution in [-0.4, -0.2) is 103 Å². The summed E-state index contributed by atoms with van der Waals surface area (Å²) in [4.78, 5) is 8.56. The third-order valence-corrected chi connectivity index (χ3v) is 8.95. The molecule has 1 saturated carbocycles. The molecule has 3 aromatic heterocycles. The van der Waals surface area contributed by atoms with Gasteiger partial charge < -0.3 is 15.3 Å². The molecule has 4 atom stereocenters. The quantitative estimate of drug-likeness (QED) is 0.261. The smallest absolute Gasteiger partial charge is 0.269 e. The Hall–Kier alpha value is -3.31. The van der Waals surface area contributed by atoms with Gasteiger partial charge >= 0.3 is 0 Å². The lowest BCUT2D eigenvalue weighted by Crippen LogP contribution is -2.60. The SMILES string of the molecule is CC#N.[B]C1(O)C(Cn2cc(-c3ncnc4c3ccn4S(=O)(=O)c3ccc(C)cc3)cn2)C([B])(O)C([B])(O)C1([B])[B]. The van der Waals surface area contributed by atoms with Crippen molar-refractivity contribution in [3.63, 3.8) is 0 Å². The van der Waals surface area contributed by atoms with Gasteiger partial charge in [0.25, 0.3) is 10.0 Å². The van der Waals surface area contributed by atoms with Crippen LogP contribution in [0.5, 0.6) is 0 Å². The zero-order valence-corrected chi connectivity index (χ0v) is 22.9. The Balaban J connectivity index is 0.00000124. The summed E-state index contributed by atoms with van der Waals surface area (Å²) in [6, 6.07) is 9.75. The van der Waals surface area contributed by atoms with E-state index < -0.39 is 37.7 Å². The van der Waals surface area contributed by atoms with Crippen LogP contribution in [-0.2, 0) is 16.6 Å². The van der Waals surface area contributed by atoms with Crippen molar-refractivity contribution in [1.29, 1.82) is 5.26 Å². The fourth-order valence-corrected chi connectivity index (χ4v) is 6.05. The fraction of sp³-hybridized carbons (Fsp3) is 0.333. The third kappa shape index (κ3) is 4.63. The molecule has 4 aromatic rings. The van der Waals surface area contributed by atoms with Crippen LogP contribution in [0.15, 0.2) is 60.1 Å². The van der Waals surface area contributed by atoms with Gasteiger partial charge in [-0.15, -0.1) is 0 Å². The van der Waals surface area contributed by atoms with Crippen LogP contribution in [0.3, 0.4) is 0 Å². The summed E-state index contributed by atoms with van der Waals surface area (Å²) in [5.74, 6) is -1.56. The minimum Gasteiger partial charge on any atom is -0.400 e. The summed E-state index contributed by atoms with van der Waals surface area (Å²) in [6.07, 6.45) is 5.51. The molecule has 0 spiro atoms. The van der Waals surface area contributed by atoms with Crippen molar-refractivity contribution >= 4 is 60.3 Å². The standard InChI is InChI=1S/C22H18B5N5O5S.C2H3N/c1-12-2-4-14(5-3-12)38(36,37)32-7-6-15-17(28-11-29-18(15)32)13-8-30-31(9-13)10-16-19(23,33)21(25,26)22(27,35)20(16,24)34;1-2-3/h2-9,11,16,33-35H,10H2,1H3;1H3. The van der Waals surface area contributed by atoms with E-state index in [4.69, 9.17) is 44.5 Å². The minimum absolute atomic E-state index is 0.101. The zero-order chi connectivity index (χ0) is 30.6. The molecule has 0 aliphatic heterocycles. The highest BCUT2D eigenvalue weighted by molar-refractivity contribution is 7.90. The van der Waals surface area contributed by atoms with Crippen molar-refractivity contribution in [2.45, 2.75) is 47.0 Å². The number of fused-ring (bicyclic) bond motifs is 1. The predicted molar refractivity (Wildman–Crippen MR) is 154 cm³/mol. The molecule has 1 fully saturated rings. The number of hydrogen-bond acceptors (Lipinski definition) is 9. The predicted octanol–water partition coefficient (Wildman–Crippen LogP) is -0.976. The van der Waals surface area contributed by atoms with Crippen LogP contribution in [0.4, 0.5) is 0 Å². The highest BCUT2D eigenvalue weighted by Crippen LogP contribution is 2.58. The molecule has 5 rings (SSSR count). The number of aryl methyl sites for hydroxylation is 1. The van der Waals surface area contributed by atoms with Crippen LogP contribution >= 0.6 is 0 Å². The molecule has 3 N–H and O–H groups in total. The van der Waals surface area contributed by atoms with E-state index in [9.17, 15) is 23.7 Å². The number of aromatic nitrogens is 5. The van der Waals surface area contributed by atoms with Crippen molar-refractivity contribution < 1.29 is 23.7 Å². The highest BCUT2D eigenvalue weighted by Gasteiger charge is 2.70. The van der Waals surface area contributed by atoms with Crippen LogP contribution in [0.25, 0.3) is 22.3 Å².